The number of rotatable bonds is 1. The standard InChI is InChI=1S/C7H9NOS.C2H6/c1-6-4-2-3-5-7(6)10(8)9;1-2/h2-5H,8H2,1H3;1-2H3. The van der Waals surface area contributed by atoms with Gasteiger partial charge < -0.3 is 0 Å². The van der Waals surface area contributed by atoms with E-state index in [1.807, 2.05) is 39.0 Å². The average molecular weight is 185 g/mol. The Morgan fingerprint density at radius 3 is 2.08 bits per heavy atom. The molecule has 0 radical (unpaired) electrons. The second-order valence-electron chi connectivity index (χ2n) is 2.06. The van der Waals surface area contributed by atoms with E-state index in [0.717, 1.165) is 5.56 Å². The van der Waals surface area contributed by atoms with Crippen molar-refractivity contribution in [1.29, 1.82) is 0 Å². The monoisotopic (exact) mass is 185 g/mol. The van der Waals surface area contributed by atoms with Gasteiger partial charge in [0, 0.05) is 0 Å². The largest absolute Gasteiger partial charge is 0.248 e. The van der Waals surface area contributed by atoms with Crippen molar-refractivity contribution in [2.24, 2.45) is 5.14 Å². The number of hydrogen-bond donors (Lipinski definition) is 1. The van der Waals surface area contributed by atoms with Crippen molar-refractivity contribution in [3.05, 3.63) is 29.8 Å². The van der Waals surface area contributed by atoms with Gasteiger partial charge in [0.25, 0.3) is 0 Å². The van der Waals surface area contributed by atoms with Gasteiger partial charge in [-0.3, -0.25) is 0 Å². The van der Waals surface area contributed by atoms with Gasteiger partial charge in [0.15, 0.2) is 0 Å². The highest BCUT2D eigenvalue weighted by Crippen LogP contribution is 2.08. The third-order valence-corrected chi connectivity index (χ3v) is 2.20. The van der Waals surface area contributed by atoms with Gasteiger partial charge in [0.05, 0.1) is 4.90 Å². The fraction of sp³-hybridized carbons (Fsp3) is 0.333. The molecule has 1 atom stereocenters. The van der Waals surface area contributed by atoms with Gasteiger partial charge in [-0.05, 0) is 18.6 Å². The smallest absolute Gasteiger partial charge is 0.122 e. The molecule has 3 heteroatoms. The molecule has 0 aliphatic rings. The van der Waals surface area contributed by atoms with Crippen LogP contribution in [0.5, 0.6) is 0 Å². The summed E-state index contributed by atoms with van der Waals surface area (Å²) in [5.41, 5.74) is 0.975. The summed E-state index contributed by atoms with van der Waals surface area (Å²) in [6.45, 7) is 5.89. The van der Waals surface area contributed by atoms with Crippen molar-refractivity contribution in [2.75, 3.05) is 0 Å². The highest BCUT2D eigenvalue weighted by molar-refractivity contribution is 7.82. The van der Waals surface area contributed by atoms with Crippen LogP contribution in [0.1, 0.15) is 19.4 Å². The maximum atomic E-state index is 10.8. The Balaban J connectivity index is 0.000000561. The Hall–Kier alpha value is -0.670. The summed E-state index contributed by atoms with van der Waals surface area (Å²) in [5.74, 6) is 0. The van der Waals surface area contributed by atoms with E-state index in [1.54, 1.807) is 6.07 Å². The van der Waals surface area contributed by atoms with Gasteiger partial charge in [-0.2, -0.15) is 0 Å². The predicted octanol–water partition coefficient (Wildman–Crippen LogP) is 2.00. The first-order valence-corrected chi connectivity index (χ1v) is 5.15. The van der Waals surface area contributed by atoms with Crippen LogP contribution in [0, 0.1) is 6.92 Å². The first-order valence-electron chi connectivity index (χ1n) is 3.93. The lowest BCUT2D eigenvalue weighted by atomic mass is 10.2. The summed E-state index contributed by atoms with van der Waals surface area (Å²) in [6, 6.07) is 7.38. The minimum absolute atomic E-state index is 0.711. The van der Waals surface area contributed by atoms with Gasteiger partial charge in [-0.1, -0.05) is 32.0 Å². The Kier molecular flexibility index (Phi) is 5.58. The van der Waals surface area contributed by atoms with Crippen LogP contribution in [0.2, 0.25) is 0 Å². The molecule has 0 amide bonds. The van der Waals surface area contributed by atoms with E-state index < -0.39 is 11.0 Å². The van der Waals surface area contributed by atoms with Gasteiger partial charge in [0.2, 0.25) is 0 Å². The average Bonchev–Trinajstić information content (AvgIpc) is 2.08. The number of nitrogens with two attached hydrogens (primary N) is 1. The maximum absolute atomic E-state index is 10.8. The first-order chi connectivity index (χ1) is 5.72. The zero-order valence-electron chi connectivity index (χ0n) is 7.70. The Bertz CT molecular complexity index is 260. The van der Waals surface area contributed by atoms with Crippen LogP contribution in [0.15, 0.2) is 29.2 Å². The number of hydrogen-bond acceptors (Lipinski definition) is 1. The van der Waals surface area contributed by atoms with Crippen LogP contribution < -0.4 is 5.14 Å². The van der Waals surface area contributed by atoms with Crippen LogP contribution in [0.3, 0.4) is 0 Å². The summed E-state index contributed by atoms with van der Waals surface area (Å²) in [6.07, 6.45) is 0. The highest BCUT2D eigenvalue weighted by atomic mass is 32.2. The van der Waals surface area contributed by atoms with E-state index in [1.165, 1.54) is 0 Å². The Morgan fingerprint density at radius 2 is 1.75 bits per heavy atom. The topological polar surface area (TPSA) is 43.1 Å². The van der Waals surface area contributed by atoms with Crippen LogP contribution in [-0.2, 0) is 11.0 Å². The molecular formula is C9H15NOS. The minimum atomic E-state index is -1.34. The minimum Gasteiger partial charge on any atom is -0.248 e. The highest BCUT2D eigenvalue weighted by Gasteiger charge is 1.98. The summed E-state index contributed by atoms with van der Waals surface area (Å²) in [7, 11) is -1.34. The van der Waals surface area contributed by atoms with Gasteiger partial charge in [-0.15, -0.1) is 0 Å². The van der Waals surface area contributed by atoms with E-state index in [0.29, 0.717) is 4.90 Å². The molecule has 12 heavy (non-hydrogen) atoms. The van der Waals surface area contributed by atoms with E-state index in [-0.39, 0.29) is 0 Å². The maximum Gasteiger partial charge on any atom is 0.122 e. The normalized spacial score (nSPS) is 11.3. The van der Waals surface area contributed by atoms with Crippen LogP contribution in [-0.4, -0.2) is 4.21 Å². The predicted molar refractivity (Wildman–Crippen MR) is 53.1 cm³/mol. The Labute approximate surface area is 76.4 Å². The number of benzene rings is 1. The molecule has 1 unspecified atom stereocenters. The van der Waals surface area contributed by atoms with E-state index in [9.17, 15) is 4.21 Å². The molecule has 0 aromatic heterocycles. The molecule has 0 aliphatic carbocycles. The summed E-state index contributed by atoms with van der Waals surface area (Å²) in [5, 5.41) is 5.19. The van der Waals surface area contributed by atoms with Crippen molar-refractivity contribution in [3.63, 3.8) is 0 Å². The molecule has 1 rings (SSSR count). The first kappa shape index (κ1) is 11.3. The lowest BCUT2D eigenvalue weighted by molar-refractivity contribution is 0.684. The quantitative estimate of drug-likeness (QED) is 0.714. The molecule has 0 aliphatic heterocycles. The molecule has 0 saturated carbocycles. The van der Waals surface area contributed by atoms with Crippen molar-refractivity contribution in [2.45, 2.75) is 25.7 Å². The number of aryl methyl sites for hydroxylation is 1. The summed E-state index contributed by atoms with van der Waals surface area (Å²) >= 11 is 0. The molecule has 0 saturated heterocycles. The third kappa shape index (κ3) is 3.15. The van der Waals surface area contributed by atoms with Gasteiger partial charge in [0.1, 0.15) is 11.0 Å². The molecule has 1 aromatic rings. The lowest BCUT2D eigenvalue weighted by Crippen LogP contribution is -2.03. The molecule has 1 aromatic carbocycles. The molecular weight excluding hydrogens is 170 g/mol. The van der Waals surface area contributed by atoms with Crippen molar-refractivity contribution >= 4 is 11.0 Å². The molecule has 0 heterocycles. The second-order valence-corrected chi connectivity index (χ2v) is 3.10. The molecule has 2 nitrogen and oxygen atoms in total. The van der Waals surface area contributed by atoms with E-state index >= 15 is 0 Å². The van der Waals surface area contributed by atoms with E-state index in [2.05, 4.69) is 0 Å². The van der Waals surface area contributed by atoms with Gasteiger partial charge in [-0.25, -0.2) is 9.35 Å². The molecule has 68 valence electrons. The van der Waals surface area contributed by atoms with Crippen LogP contribution in [0.4, 0.5) is 0 Å². The second kappa shape index (κ2) is 5.91. The van der Waals surface area contributed by atoms with E-state index in [4.69, 9.17) is 5.14 Å². The fourth-order valence-corrected chi connectivity index (χ4v) is 1.38. The van der Waals surface area contributed by atoms with Crippen molar-refractivity contribution in [1.82, 2.24) is 0 Å². The molecule has 0 fully saturated rings. The van der Waals surface area contributed by atoms with Crippen LogP contribution in [0.25, 0.3) is 0 Å². The summed E-state index contributed by atoms with van der Waals surface area (Å²) in [4.78, 5) is 0.711. The van der Waals surface area contributed by atoms with Crippen molar-refractivity contribution < 1.29 is 4.21 Å². The SMILES string of the molecule is CC.Cc1ccccc1S(N)=O. The lowest BCUT2D eigenvalue weighted by Gasteiger charge is -1.98. The third-order valence-electron chi connectivity index (χ3n) is 1.31. The molecule has 0 spiro atoms. The zero-order valence-corrected chi connectivity index (χ0v) is 8.52. The van der Waals surface area contributed by atoms with Crippen molar-refractivity contribution in [3.8, 4) is 0 Å². The van der Waals surface area contributed by atoms with Gasteiger partial charge >= 0.3 is 0 Å². The Morgan fingerprint density at radius 1 is 1.25 bits per heavy atom. The van der Waals surface area contributed by atoms with Crippen LogP contribution >= 0.6 is 0 Å². The molecule has 0 bridgehead atoms. The molecule has 2 N–H and O–H groups in total. The zero-order chi connectivity index (χ0) is 9.56. The summed E-state index contributed by atoms with van der Waals surface area (Å²) < 4.78 is 10.8. The fourth-order valence-electron chi connectivity index (χ4n) is 0.782.